The van der Waals surface area contributed by atoms with Crippen molar-refractivity contribution >= 4 is 50.6 Å². The second kappa shape index (κ2) is 12.4. The van der Waals surface area contributed by atoms with E-state index in [-0.39, 0.29) is 58.9 Å². The topological polar surface area (TPSA) is 156 Å². The lowest BCUT2D eigenvalue weighted by atomic mass is 10.3. The van der Waals surface area contributed by atoms with Gasteiger partial charge >= 0.3 is 6.09 Å². The normalized spacial score (nSPS) is 12.0. The number of carbonyl (C=O) groups excluding carboxylic acids is 1. The van der Waals surface area contributed by atoms with Crippen molar-refractivity contribution in [2.24, 2.45) is 0 Å². The van der Waals surface area contributed by atoms with Crippen LogP contribution in [0.2, 0.25) is 5.02 Å². The van der Waals surface area contributed by atoms with Crippen LogP contribution in [0.15, 0.2) is 64.4 Å². The van der Waals surface area contributed by atoms with Crippen LogP contribution >= 0.6 is 22.9 Å². The van der Waals surface area contributed by atoms with Crippen LogP contribution in [-0.2, 0) is 14.8 Å². The summed E-state index contributed by atoms with van der Waals surface area (Å²) in [5, 5.41) is 6.32. The van der Waals surface area contributed by atoms with Gasteiger partial charge < -0.3 is 28.4 Å². The maximum atomic E-state index is 13.3. The van der Waals surface area contributed by atoms with E-state index in [0.717, 1.165) is 6.33 Å². The summed E-state index contributed by atoms with van der Waals surface area (Å²) in [6, 6.07) is 10.5. The summed E-state index contributed by atoms with van der Waals surface area (Å²) < 4.78 is 61.5. The van der Waals surface area contributed by atoms with E-state index < -0.39 is 16.1 Å². The van der Waals surface area contributed by atoms with Gasteiger partial charge in [0.1, 0.15) is 31.0 Å². The minimum absolute atomic E-state index is 0.0164. The predicted molar refractivity (Wildman–Crippen MR) is 148 cm³/mol. The van der Waals surface area contributed by atoms with E-state index in [0.29, 0.717) is 17.2 Å². The third-order valence-corrected chi connectivity index (χ3v) is 7.66. The summed E-state index contributed by atoms with van der Waals surface area (Å²) in [6.07, 6.45) is 0.406. The van der Waals surface area contributed by atoms with Crippen LogP contribution in [0, 0.1) is 0 Å². The molecule has 0 atom stereocenters. The summed E-state index contributed by atoms with van der Waals surface area (Å²) in [5.41, 5.74) is 0.599. The lowest BCUT2D eigenvalue weighted by Gasteiger charge is -2.16. The van der Waals surface area contributed by atoms with E-state index >= 15 is 0 Å². The Bertz CT molecular complexity index is 1650. The number of methoxy groups -OCH3 is 1. The van der Waals surface area contributed by atoms with Gasteiger partial charge in [-0.3, -0.25) is 10.0 Å². The number of halogens is 1. The SMILES string of the molecule is COc1ccc(Cl)c(Oc2c(NS(=O)(=O)c3ccc4c(c3)OCO4)ncnc2OCCOC(=O)Nc2ccsc2)c1. The lowest BCUT2D eigenvalue weighted by Crippen LogP contribution is -2.18. The number of fused-ring (bicyclic) bond motifs is 1. The first kappa shape index (κ1) is 28.1. The van der Waals surface area contributed by atoms with E-state index in [9.17, 15) is 13.2 Å². The van der Waals surface area contributed by atoms with Crippen molar-refractivity contribution in [2.45, 2.75) is 4.90 Å². The number of sulfonamides is 1. The van der Waals surface area contributed by atoms with Gasteiger partial charge in [0.05, 0.1) is 22.7 Å². The Labute approximate surface area is 243 Å². The number of hydrogen-bond acceptors (Lipinski definition) is 12. The van der Waals surface area contributed by atoms with Crippen LogP contribution in [-0.4, -0.2) is 51.6 Å². The number of benzene rings is 2. The number of anilines is 2. The van der Waals surface area contributed by atoms with Gasteiger partial charge in [-0.25, -0.2) is 18.2 Å². The Kier molecular flexibility index (Phi) is 8.47. The van der Waals surface area contributed by atoms with E-state index in [1.54, 1.807) is 17.5 Å². The summed E-state index contributed by atoms with van der Waals surface area (Å²) >= 11 is 7.74. The van der Waals surface area contributed by atoms with Gasteiger partial charge in [-0.2, -0.15) is 16.3 Å². The third-order valence-electron chi connectivity index (χ3n) is 5.33. The van der Waals surface area contributed by atoms with Crippen molar-refractivity contribution in [3.05, 3.63) is 64.6 Å². The molecule has 0 saturated carbocycles. The van der Waals surface area contributed by atoms with Crippen molar-refractivity contribution in [1.29, 1.82) is 0 Å². The Morgan fingerprint density at radius 1 is 1.10 bits per heavy atom. The second-order valence-corrected chi connectivity index (χ2v) is 10.9. The number of ether oxygens (including phenoxy) is 6. The zero-order valence-corrected chi connectivity index (χ0v) is 23.5. The molecule has 0 bridgehead atoms. The summed E-state index contributed by atoms with van der Waals surface area (Å²) in [4.78, 5) is 20.0. The summed E-state index contributed by atoms with van der Waals surface area (Å²) in [7, 11) is -2.73. The highest BCUT2D eigenvalue weighted by Crippen LogP contribution is 2.41. The van der Waals surface area contributed by atoms with Gasteiger partial charge in [-0.05, 0) is 35.7 Å². The molecule has 5 rings (SSSR count). The van der Waals surface area contributed by atoms with E-state index in [1.807, 2.05) is 5.38 Å². The van der Waals surface area contributed by atoms with Crippen molar-refractivity contribution in [1.82, 2.24) is 9.97 Å². The van der Waals surface area contributed by atoms with E-state index in [4.69, 9.17) is 40.0 Å². The Balaban J connectivity index is 1.38. The first-order valence-corrected chi connectivity index (χ1v) is 14.5. The standard InChI is InChI=1S/C25H21ClN4O9S2/c1-34-16-2-4-18(26)20(10-16)39-22-23(30-41(32,33)17-3-5-19-21(11-17)38-14-37-19)27-13-28-24(22)35-7-8-36-25(31)29-15-6-9-40-12-15/h2-6,9-13H,7-8,14H2,1H3,(H,29,31)(H,27,28,30). The van der Waals surface area contributed by atoms with Crippen LogP contribution in [0.1, 0.15) is 0 Å². The molecular formula is C25H21ClN4O9S2. The van der Waals surface area contributed by atoms with Gasteiger partial charge in [0.25, 0.3) is 15.9 Å². The number of aromatic nitrogens is 2. The first-order chi connectivity index (χ1) is 19.8. The van der Waals surface area contributed by atoms with E-state index in [2.05, 4.69) is 20.0 Å². The molecule has 41 heavy (non-hydrogen) atoms. The molecule has 1 aliphatic heterocycles. The molecule has 0 fully saturated rings. The molecule has 1 aliphatic rings. The highest BCUT2D eigenvalue weighted by atomic mass is 35.5. The van der Waals surface area contributed by atoms with Crippen LogP contribution in [0.25, 0.3) is 0 Å². The van der Waals surface area contributed by atoms with Crippen molar-refractivity contribution in [2.75, 3.05) is 37.2 Å². The highest BCUT2D eigenvalue weighted by Gasteiger charge is 2.25. The number of hydrogen-bond donors (Lipinski definition) is 2. The molecule has 3 heterocycles. The number of nitrogens with zero attached hydrogens (tertiary/aromatic N) is 2. The van der Waals surface area contributed by atoms with Gasteiger partial charge in [-0.15, -0.1) is 0 Å². The summed E-state index contributed by atoms with van der Waals surface area (Å²) in [5.74, 6) is 0.644. The van der Waals surface area contributed by atoms with Gasteiger partial charge in [0.15, 0.2) is 17.3 Å². The maximum absolute atomic E-state index is 13.3. The smallest absolute Gasteiger partial charge is 0.411 e. The molecule has 13 nitrogen and oxygen atoms in total. The predicted octanol–water partition coefficient (Wildman–Crippen LogP) is 5.15. The molecule has 0 saturated heterocycles. The highest BCUT2D eigenvalue weighted by molar-refractivity contribution is 7.92. The molecule has 0 spiro atoms. The van der Waals surface area contributed by atoms with Crippen molar-refractivity contribution < 1.29 is 41.6 Å². The molecule has 214 valence electrons. The van der Waals surface area contributed by atoms with Crippen molar-refractivity contribution in [3.63, 3.8) is 0 Å². The van der Waals surface area contributed by atoms with E-state index in [1.165, 1.54) is 48.8 Å². The lowest BCUT2D eigenvalue weighted by molar-refractivity contribution is 0.135. The molecule has 0 radical (unpaired) electrons. The van der Waals surface area contributed by atoms with Crippen LogP contribution in [0.5, 0.6) is 34.6 Å². The fraction of sp³-hybridized carbons (Fsp3) is 0.160. The number of amides is 1. The van der Waals surface area contributed by atoms with Gasteiger partial charge in [0, 0.05) is 17.5 Å². The Morgan fingerprint density at radius 2 is 1.95 bits per heavy atom. The average molecular weight is 621 g/mol. The second-order valence-electron chi connectivity index (χ2n) is 8.00. The van der Waals surface area contributed by atoms with Gasteiger partial charge in [0.2, 0.25) is 12.5 Å². The fourth-order valence-corrected chi connectivity index (χ4v) is 5.19. The average Bonchev–Trinajstić information content (AvgIpc) is 3.65. The molecule has 2 aromatic carbocycles. The van der Waals surface area contributed by atoms with Crippen molar-refractivity contribution in [3.8, 4) is 34.6 Å². The zero-order chi connectivity index (χ0) is 28.8. The number of rotatable bonds is 11. The maximum Gasteiger partial charge on any atom is 0.411 e. The number of thiophene rings is 1. The third kappa shape index (κ3) is 6.82. The molecule has 2 aromatic heterocycles. The molecule has 1 amide bonds. The fourth-order valence-electron chi connectivity index (χ4n) is 3.42. The largest absolute Gasteiger partial charge is 0.497 e. The minimum Gasteiger partial charge on any atom is -0.497 e. The molecule has 0 aliphatic carbocycles. The monoisotopic (exact) mass is 620 g/mol. The molecule has 4 aromatic rings. The molecular weight excluding hydrogens is 600 g/mol. The van der Waals surface area contributed by atoms with Crippen LogP contribution in [0.4, 0.5) is 16.3 Å². The number of nitrogens with one attached hydrogen (secondary N) is 2. The zero-order valence-electron chi connectivity index (χ0n) is 21.2. The Morgan fingerprint density at radius 3 is 2.76 bits per heavy atom. The Hall–Kier alpha value is -4.47. The quantitative estimate of drug-likeness (QED) is 0.214. The summed E-state index contributed by atoms with van der Waals surface area (Å²) in [6.45, 7) is -0.320. The van der Waals surface area contributed by atoms with Crippen LogP contribution in [0.3, 0.4) is 0 Å². The minimum atomic E-state index is -4.20. The molecule has 2 N–H and O–H groups in total. The van der Waals surface area contributed by atoms with Gasteiger partial charge in [-0.1, -0.05) is 11.6 Å². The molecule has 16 heteroatoms. The molecule has 0 unspecified atom stereocenters. The number of carbonyl (C=O) groups is 1. The first-order valence-electron chi connectivity index (χ1n) is 11.7. The van der Waals surface area contributed by atoms with Crippen LogP contribution < -0.4 is 33.7 Å².